The number of hydrogen-bond donors (Lipinski definition) is 3. The number of nitrogens with zero attached hydrogens (tertiary/aromatic N) is 3. The standard InChI is InChI=1S/C6H6N2O3.C5H6N2O2/c9-5(10)2-1-4-6(11)8-3-7-4;8-5(9)3-4-6-1-2-7-4/h3H,1-2H2,(H,9,10);1-2H,3H2,(H,6,7)(H,8,9). The van der Waals surface area contributed by atoms with Gasteiger partial charge in [-0.2, -0.15) is 4.99 Å². The van der Waals surface area contributed by atoms with Crippen molar-refractivity contribution in [3.63, 3.8) is 0 Å². The van der Waals surface area contributed by atoms with Crippen LogP contribution in [0.5, 0.6) is 0 Å². The minimum atomic E-state index is -0.938. The van der Waals surface area contributed by atoms with Gasteiger partial charge in [-0.1, -0.05) is 0 Å². The van der Waals surface area contributed by atoms with E-state index >= 15 is 0 Å². The molecule has 0 radical (unpaired) electrons. The van der Waals surface area contributed by atoms with Gasteiger partial charge < -0.3 is 15.2 Å². The van der Waals surface area contributed by atoms with Crippen molar-refractivity contribution in [2.24, 2.45) is 9.98 Å². The van der Waals surface area contributed by atoms with E-state index in [4.69, 9.17) is 10.2 Å². The van der Waals surface area contributed by atoms with Crippen molar-refractivity contribution in [1.29, 1.82) is 0 Å². The second-order valence-corrected chi connectivity index (χ2v) is 3.63. The second kappa shape index (κ2) is 7.56. The molecule has 3 N–H and O–H groups in total. The van der Waals surface area contributed by atoms with Crippen molar-refractivity contribution >= 4 is 29.9 Å². The quantitative estimate of drug-likeness (QED) is 0.686. The number of aliphatic imine (C=N–C) groups is 2. The molecule has 1 aromatic rings. The SMILES string of the molecule is O=C(O)CCC1=NC=NC1=O.O=C(O)Cc1ncc[nH]1. The third-order valence-corrected chi connectivity index (χ3v) is 2.08. The summed E-state index contributed by atoms with van der Waals surface area (Å²) in [6, 6.07) is 0. The number of aliphatic carboxylic acids is 2. The lowest BCUT2D eigenvalue weighted by Gasteiger charge is -1.91. The fraction of sp³-hybridized carbons (Fsp3) is 0.273. The van der Waals surface area contributed by atoms with E-state index < -0.39 is 17.8 Å². The maximum absolute atomic E-state index is 10.7. The zero-order chi connectivity index (χ0) is 15.0. The summed E-state index contributed by atoms with van der Waals surface area (Å²) in [6.45, 7) is 0. The van der Waals surface area contributed by atoms with Crippen molar-refractivity contribution in [2.45, 2.75) is 19.3 Å². The average molecular weight is 280 g/mol. The first-order valence-corrected chi connectivity index (χ1v) is 5.54. The van der Waals surface area contributed by atoms with E-state index in [-0.39, 0.29) is 25.0 Å². The molecular formula is C11H12N4O5. The third kappa shape index (κ3) is 5.67. The van der Waals surface area contributed by atoms with Gasteiger partial charge in [-0.05, 0) is 0 Å². The predicted octanol–water partition coefficient (Wildman–Crippen LogP) is -0.103. The molecule has 0 aliphatic carbocycles. The zero-order valence-electron chi connectivity index (χ0n) is 10.3. The van der Waals surface area contributed by atoms with Crippen LogP contribution in [0.2, 0.25) is 0 Å². The summed E-state index contributed by atoms with van der Waals surface area (Å²) >= 11 is 0. The number of hydrogen-bond acceptors (Lipinski definition) is 5. The maximum atomic E-state index is 10.7. The van der Waals surface area contributed by atoms with Crippen LogP contribution >= 0.6 is 0 Å². The summed E-state index contributed by atoms with van der Waals surface area (Å²) in [5, 5.41) is 16.5. The Hall–Kier alpha value is -2.84. The highest BCUT2D eigenvalue weighted by Crippen LogP contribution is 1.99. The van der Waals surface area contributed by atoms with Crippen molar-refractivity contribution < 1.29 is 24.6 Å². The fourth-order valence-corrected chi connectivity index (χ4v) is 1.22. The third-order valence-electron chi connectivity index (χ3n) is 2.08. The van der Waals surface area contributed by atoms with Gasteiger partial charge in [-0.3, -0.25) is 14.4 Å². The lowest BCUT2D eigenvalue weighted by atomic mass is 10.2. The molecule has 1 aliphatic heterocycles. The number of H-pyrrole nitrogens is 1. The van der Waals surface area contributed by atoms with Crippen molar-refractivity contribution in [1.82, 2.24) is 9.97 Å². The molecule has 0 saturated carbocycles. The monoisotopic (exact) mass is 280 g/mol. The number of carbonyl (C=O) groups excluding carboxylic acids is 1. The van der Waals surface area contributed by atoms with Crippen LogP contribution < -0.4 is 0 Å². The van der Waals surface area contributed by atoms with E-state index in [1.807, 2.05) is 0 Å². The van der Waals surface area contributed by atoms with E-state index in [2.05, 4.69) is 20.0 Å². The summed E-state index contributed by atoms with van der Waals surface area (Å²) in [5.41, 5.74) is 0.229. The molecule has 9 nitrogen and oxygen atoms in total. The van der Waals surface area contributed by atoms with Crippen LogP contribution in [0.1, 0.15) is 18.7 Å². The molecule has 9 heteroatoms. The molecule has 0 saturated heterocycles. The van der Waals surface area contributed by atoms with Gasteiger partial charge in [0, 0.05) is 18.8 Å². The maximum Gasteiger partial charge on any atom is 0.311 e. The first-order chi connectivity index (χ1) is 9.49. The number of carboxylic acids is 2. The van der Waals surface area contributed by atoms with Gasteiger partial charge in [0.05, 0.1) is 6.42 Å². The van der Waals surface area contributed by atoms with Gasteiger partial charge in [-0.15, -0.1) is 0 Å². The van der Waals surface area contributed by atoms with Crippen LogP contribution in [-0.2, 0) is 20.8 Å². The Kier molecular flexibility index (Phi) is 5.75. The van der Waals surface area contributed by atoms with Crippen molar-refractivity contribution in [3.05, 3.63) is 18.2 Å². The van der Waals surface area contributed by atoms with E-state index in [9.17, 15) is 14.4 Å². The Bertz CT molecular complexity index is 547. The second-order valence-electron chi connectivity index (χ2n) is 3.63. The molecule has 20 heavy (non-hydrogen) atoms. The number of rotatable bonds is 5. The molecule has 0 aromatic carbocycles. The number of carbonyl (C=O) groups is 3. The van der Waals surface area contributed by atoms with Crippen LogP contribution in [0.15, 0.2) is 22.4 Å². The molecule has 1 aliphatic rings. The minimum Gasteiger partial charge on any atom is -0.481 e. The molecule has 0 atom stereocenters. The molecule has 106 valence electrons. The van der Waals surface area contributed by atoms with Crippen LogP contribution in [0.4, 0.5) is 0 Å². The molecule has 0 spiro atoms. The van der Waals surface area contributed by atoms with Crippen LogP contribution in [0, 0.1) is 0 Å². The Balaban J connectivity index is 0.000000204. The van der Waals surface area contributed by atoms with Gasteiger partial charge in [0.15, 0.2) is 0 Å². The highest BCUT2D eigenvalue weighted by molar-refractivity contribution is 6.43. The number of amides is 1. The molecule has 0 unspecified atom stereocenters. The molecular weight excluding hydrogens is 268 g/mol. The highest BCUT2D eigenvalue weighted by atomic mass is 16.4. The molecule has 1 amide bonds. The number of carboxylic acid groups (broad SMARTS) is 2. The van der Waals surface area contributed by atoms with Gasteiger partial charge in [0.1, 0.15) is 24.3 Å². The smallest absolute Gasteiger partial charge is 0.311 e. The van der Waals surface area contributed by atoms with Crippen LogP contribution in [0.3, 0.4) is 0 Å². The Morgan fingerprint density at radius 2 is 2.00 bits per heavy atom. The van der Waals surface area contributed by atoms with Crippen LogP contribution in [0.25, 0.3) is 0 Å². The topological polar surface area (TPSA) is 145 Å². The highest BCUT2D eigenvalue weighted by Gasteiger charge is 2.14. The number of aromatic amines is 1. The number of aromatic nitrogens is 2. The predicted molar refractivity (Wildman–Crippen MR) is 67.7 cm³/mol. The first-order valence-electron chi connectivity index (χ1n) is 5.54. The fourth-order valence-electron chi connectivity index (χ4n) is 1.22. The normalized spacial score (nSPS) is 12.6. The number of imidazole rings is 1. The lowest BCUT2D eigenvalue weighted by Crippen LogP contribution is -2.09. The van der Waals surface area contributed by atoms with Crippen LogP contribution in [-0.4, -0.2) is 50.1 Å². The van der Waals surface area contributed by atoms with Gasteiger partial charge >= 0.3 is 11.9 Å². The average Bonchev–Trinajstić information content (AvgIpc) is 2.98. The molecule has 2 heterocycles. The minimum absolute atomic E-state index is 0.0347. The zero-order valence-corrected chi connectivity index (χ0v) is 10.3. The Morgan fingerprint density at radius 3 is 2.45 bits per heavy atom. The lowest BCUT2D eigenvalue weighted by molar-refractivity contribution is -0.137. The largest absolute Gasteiger partial charge is 0.481 e. The van der Waals surface area contributed by atoms with E-state index in [0.717, 1.165) is 6.34 Å². The van der Waals surface area contributed by atoms with Gasteiger partial charge in [0.2, 0.25) is 0 Å². The Morgan fingerprint density at radius 1 is 1.25 bits per heavy atom. The van der Waals surface area contributed by atoms with Gasteiger partial charge in [0.25, 0.3) is 5.91 Å². The summed E-state index contributed by atoms with van der Waals surface area (Å²) in [5.74, 6) is -1.74. The molecule has 1 aromatic heterocycles. The summed E-state index contributed by atoms with van der Waals surface area (Å²) in [4.78, 5) is 44.1. The van der Waals surface area contributed by atoms with Crippen molar-refractivity contribution in [2.75, 3.05) is 0 Å². The van der Waals surface area contributed by atoms with Crippen molar-refractivity contribution in [3.8, 4) is 0 Å². The molecule has 0 fully saturated rings. The summed E-state index contributed by atoms with van der Waals surface area (Å²) in [7, 11) is 0. The van der Waals surface area contributed by atoms with E-state index in [0.29, 0.717) is 5.82 Å². The van der Waals surface area contributed by atoms with E-state index in [1.54, 1.807) is 6.20 Å². The molecule has 2 rings (SSSR count). The molecule has 0 bridgehead atoms. The summed E-state index contributed by atoms with van der Waals surface area (Å²) < 4.78 is 0. The summed E-state index contributed by atoms with van der Waals surface area (Å²) in [6.07, 6.45) is 4.31. The van der Waals surface area contributed by atoms with E-state index in [1.165, 1.54) is 6.20 Å². The first kappa shape index (κ1) is 15.2. The number of nitrogens with one attached hydrogen (secondary N) is 1. The van der Waals surface area contributed by atoms with Gasteiger partial charge in [-0.25, -0.2) is 9.98 Å². The Labute approximate surface area is 113 Å².